The number of hydrogen-bond donors (Lipinski definition) is 1. The van der Waals surface area contributed by atoms with E-state index in [1.807, 2.05) is 6.92 Å². The second kappa shape index (κ2) is 6.34. The first-order valence-electron chi connectivity index (χ1n) is 6.68. The molecule has 21 heavy (non-hydrogen) atoms. The molecule has 1 aromatic rings. The molecular formula is C14H17F3N2O2. The van der Waals surface area contributed by atoms with Gasteiger partial charge in [-0.15, -0.1) is 0 Å². The van der Waals surface area contributed by atoms with Crippen LogP contribution in [0, 0.1) is 0 Å². The SMILES string of the molecule is C[C@@H]1CNCCN1C(=O)COc1ccc(C(F)(F)F)cc1. The zero-order valence-electron chi connectivity index (χ0n) is 11.6. The average Bonchev–Trinajstić information content (AvgIpc) is 2.45. The van der Waals surface area contributed by atoms with Gasteiger partial charge in [0.15, 0.2) is 6.61 Å². The Balaban J connectivity index is 1.89. The van der Waals surface area contributed by atoms with Crippen LogP contribution < -0.4 is 10.1 Å². The molecule has 1 fully saturated rings. The van der Waals surface area contributed by atoms with Crippen molar-refractivity contribution in [1.82, 2.24) is 10.2 Å². The molecule has 1 N–H and O–H groups in total. The Bertz CT molecular complexity index is 488. The van der Waals surface area contributed by atoms with Crippen LogP contribution in [0.2, 0.25) is 0 Å². The van der Waals surface area contributed by atoms with E-state index in [0.717, 1.165) is 25.2 Å². The lowest BCUT2D eigenvalue weighted by Gasteiger charge is -2.33. The lowest BCUT2D eigenvalue weighted by atomic mass is 10.2. The lowest BCUT2D eigenvalue weighted by Crippen LogP contribution is -2.53. The molecule has 0 saturated carbocycles. The molecule has 0 aliphatic carbocycles. The maximum absolute atomic E-state index is 12.4. The molecular weight excluding hydrogens is 285 g/mol. The van der Waals surface area contributed by atoms with E-state index < -0.39 is 11.7 Å². The smallest absolute Gasteiger partial charge is 0.416 e. The zero-order chi connectivity index (χ0) is 15.5. The highest BCUT2D eigenvalue weighted by Crippen LogP contribution is 2.30. The third kappa shape index (κ3) is 4.10. The number of hydrogen-bond acceptors (Lipinski definition) is 3. The molecule has 1 aromatic carbocycles. The number of piperazine rings is 1. The molecule has 0 spiro atoms. The summed E-state index contributed by atoms with van der Waals surface area (Å²) in [6.45, 7) is 3.83. The molecule has 1 amide bonds. The number of amides is 1. The van der Waals surface area contributed by atoms with E-state index in [0.29, 0.717) is 6.54 Å². The van der Waals surface area contributed by atoms with Gasteiger partial charge >= 0.3 is 6.18 Å². The van der Waals surface area contributed by atoms with Gasteiger partial charge in [0.1, 0.15) is 5.75 Å². The molecule has 1 aliphatic heterocycles. The Morgan fingerprint density at radius 2 is 2.05 bits per heavy atom. The molecule has 1 atom stereocenters. The van der Waals surface area contributed by atoms with Crippen molar-refractivity contribution < 1.29 is 22.7 Å². The van der Waals surface area contributed by atoms with E-state index in [-0.39, 0.29) is 24.3 Å². The maximum atomic E-state index is 12.4. The second-order valence-corrected chi connectivity index (χ2v) is 4.95. The first-order valence-corrected chi connectivity index (χ1v) is 6.68. The van der Waals surface area contributed by atoms with Crippen LogP contribution in [0.5, 0.6) is 5.75 Å². The molecule has 1 saturated heterocycles. The van der Waals surface area contributed by atoms with Crippen LogP contribution in [0.4, 0.5) is 13.2 Å². The van der Waals surface area contributed by atoms with Gasteiger partial charge in [0, 0.05) is 25.7 Å². The predicted octanol–water partition coefficient (Wildman–Crippen LogP) is 1.90. The fraction of sp³-hybridized carbons (Fsp3) is 0.500. The van der Waals surface area contributed by atoms with Crippen molar-refractivity contribution in [3.63, 3.8) is 0 Å². The van der Waals surface area contributed by atoms with Crippen LogP contribution in [0.25, 0.3) is 0 Å². The van der Waals surface area contributed by atoms with Crippen molar-refractivity contribution in [2.75, 3.05) is 26.2 Å². The van der Waals surface area contributed by atoms with E-state index in [2.05, 4.69) is 5.32 Å². The number of halogens is 3. The number of alkyl halides is 3. The van der Waals surface area contributed by atoms with Crippen LogP contribution in [0.3, 0.4) is 0 Å². The van der Waals surface area contributed by atoms with Gasteiger partial charge in [-0.1, -0.05) is 0 Å². The fourth-order valence-electron chi connectivity index (χ4n) is 2.18. The number of rotatable bonds is 3. The predicted molar refractivity (Wildman–Crippen MR) is 71.0 cm³/mol. The van der Waals surface area contributed by atoms with Crippen molar-refractivity contribution in [1.29, 1.82) is 0 Å². The molecule has 116 valence electrons. The van der Waals surface area contributed by atoms with Gasteiger partial charge in [0.2, 0.25) is 0 Å². The number of nitrogens with zero attached hydrogens (tertiary/aromatic N) is 1. The van der Waals surface area contributed by atoms with Crippen LogP contribution in [-0.4, -0.2) is 43.1 Å². The fourth-order valence-corrected chi connectivity index (χ4v) is 2.18. The molecule has 2 rings (SSSR count). The third-order valence-corrected chi connectivity index (χ3v) is 3.37. The highest BCUT2D eigenvalue weighted by molar-refractivity contribution is 5.78. The Kier molecular flexibility index (Phi) is 4.72. The molecule has 0 unspecified atom stereocenters. The van der Waals surface area contributed by atoms with Crippen LogP contribution in [0.15, 0.2) is 24.3 Å². The minimum Gasteiger partial charge on any atom is -0.484 e. The minimum atomic E-state index is -4.37. The second-order valence-electron chi connectivity index (χ2n) is 4.95. The summed E-state index contributed by atoms with van der Waals surface area (Å²) in [5, 5.41) is 3.17. The van der Waals surface area contributed by atoms with Gasteiger partial charge in [-0.3, -0.25) is 4.79 Å². The monoisotopic (exact) mass is 302 g/mol. The summed E-state index contributed by atoms with van der Waals surface area (Å²) in [6.07, 6.45) is -4.37. The standard InChI is InChI=1S/C14H17F3N2O2/c1-10-8-18-6-7-19(10)13(20)9-21-12-4-2-11(3-5-12)14(15,16)17/h2-5,10,18H,6-9H2,1H3/t10-/m1/s1. The third-order valence-electron chi connectivity index (χ3n) is 3.37. The summed E-state index contributed by atoms with van der Waals surface area (Å²) in [5.74, 6) is 0.0861. The van der Waals surface area contributed by atoms with Crippen LogP contribution in [0.1, 0.15) is 12.5 Å². The van der Waals surface area contributed by atoms with Gasteiger partial charge < -0.3 is 15.0 Å². The Morgan fingerprint density at radius 3 is 2.62 bits per heavy atom. The summed E-state index contributed by atoms with van der Waals surface area (Å²) in [7, 11) is 0. The van der Waals surface area contributed by atoms with Crippen molar-refractivity contribution in [3.8, 4) is 5.75 Å². The number of carbonyl (C=O) groups excluding carboxylic acids is 1. The molecule has 7 heteroatoms. The Morgan fingerprint density at radius 1 is 1.38 bits per heavy atom. The summed E-state index contributed by atoms with van der Waals surface area (Å²) in [4.78, 5) is 13.7. The Labute approximate surface area is 120 Å². The summed E-state index contributed by atoms with van der Waals surface area (Å²) in [5.41, 5.74) is -0.739. The lowest BCUT2D eigenvalue weighted by molar-refractivity contribution is -0.138. The number of carbonyl (C=O) groups is 1. The highest BCUT2D eigenvalue weighted by atomic mass is 19.4. The van der Waals surface area contributed by atoms with E-state index in [4.69, 9.17) is 4.74 Å². The maximum Gasteiger partial charge on any atom is 0.416 e. The van der Waals surface area contributed by atoms with Gasteiger partial charge in [-0.2, -0.15) is 13.2 Å². The van der Waals surface area contributed by atoms with Crippen LogP contribution >= 0.6 is 0 Å². The molecule has 4 nitrogen and oxygen atoms in total. The molecule has 0 bridgehead atoms. The molecule has 1 aliphatic rings. The summed E-state index contributed by atoms with van der Waals surface area (Å²) < 4.78 is 42.5. The minimum absolute atomic E-state index is 0.0856. The van der Waals surface area contributed by atoms with E-state index in [1.54, 1.807) is 4.90 Å². The van der Waals surface area contributed by atoms with Crippen molar-refractivity contribution in [3.05, 3.63) is 29.8 Å². The summed E-state index contributed by atoms with van der Waals surface area (Å²) >= 11 is 0. The average molecular weight is 302 g/mol. The number of benzene rings is 1. The van der Waals surface area contributed by atoms with Gasteiger partial charge in [0.25, 0.3) is 5.91 Å². The molecule has 1 heterocycles. The first kappa shape index (κ1) is 15.6. The Hall–Kier alpha value is -1.76. The van der Waals surface area contributed by atoms with Crippen LogP contribution in [-0.2, 0) is 11.0 Å². The van der Waals surface area contributed by atoms with Gasteiger partial charge in [-0.25, -0.2) is 0 Å². The van der Waals surface area contributed by atoms with E-state index in [1.165, 1.54) is 12.1 Å². The molecule has 0 radical (unpaired) electrons. The van der Waals surface area contributed by atoms with E-state index in [9.17, 15) is 18.0 Å². The summed E-state index contributed by atoms with van der Waals surface area (Å²) in [6, 6.07) is 4.40. The number of nitrogens with one attached hydrogen (secondary N) is 1. The zero-order valence-corrected chi connectivity index (χ0v) is 11.6. The van der Waals surface area contributed by atoms with Crippen molar-refractivity contribution in [2.24, 2.45) is 0 Å². The first-order chi connectivity index (χ1) is 9.88. The quantitative estimate of drug-likeness (QED) is 0.927. The largest absolute Gasteiger partial charge is 0.484 e. The highest BCUT2D eigenvalue weighted by Gasteiger charge is 2.30. The van der Waals surface area contributed by atoms with Crippen molar-refractivity contribution >= 4 is 5.91 Å². The molecule has 0 aromatic heterocycles. The normalized spacial score (nSPS) is 19.4. The van der Waals surface area contributed by atoms with E-state index >= 15 is 0 Å². The van der Waals surface area contributed by atoms with Gasteiger partial charge in [0.05, 0.1) is 5.56 Å². The van der Waals surface area contributed by atoms with Crippen molar-refractivity contribution in [2.45, 2.75) is 19.1 Å². The number of ether oxygens (including phenoxy) is 1. The van der Waals surface area contributed by atoms with Gasteiger partial charge in [-0.05, 0) is 31.2 Å². The topological polar surface area (TPSA) is 41.6 Å².